The van der Waals surface area contributed by atoms with Gasteiger partial charge in [-0.15, -0.1) is 0 Å². The molecule has 3 aliphatic rings. The Hall–Kier alpha value is -0.0400. The minimum atomic E-state index is 0.661. The molecule has 0 aromatic heterocycles. The first-order chi connectivity index (χ1) is 4.38. The normalized spacial score (nSPS) is 48.3. The smallest absolute Gasteiger partial charge is 0.0606 e. The van der Waals surface area contributed by atoms with Crippen LogP contribution < -0.4 is 0 Å². The van der Waals surface area contributed by atoms with Crippen LogP contribution in [0.15, 0.2) is 0 Å². The molecule has 2 saturated heterocycles. The molecule has 9 heavy (non-hydrogen) atoms. The Bertz CT molecular complexity index is 95.1. The number of fused-ring (bicyclic) bond motifs is 2. The second kappa shape index (κ2) is 1.98. The molecule has 3 atom stereocenters. The lowest BCUT2D eigenvalue weighted by Gasteiger charge is -2.45. The first-order valence-corrected chi connectivity index (χ1v) is 4.04. The maximum Gasteiger partial charge on any atom is 0.0606 e. The third-order valence-electron chi connectivity index (χ3n) is 2.68. The fourth-order valence-electron chi connectivity index (χ4n) is 2.03. The predicted molar refractivity (Wildman–Crippen MR) is 36.3 cm³/mol. The fourth-order valence-corrected chi connectivity index (χ4v) is 2.03. The number of rotatable bonds is 1. The van der Waals surface area contributed by atoms with Crippen LogP contribution in [0.4, 0.5) is 0 Å². The zero-order valence-electron chi connectivity index (χ0n) is 5.97. The summed E-state index contributed by atoms with van der Waals surface area (Å²) in [5.74, 6) is 0.988. The van der Waals surface area contributed by atoms with E-state index in [0.717, 1.165) is 5.92 Å². The van der Waals surface area contributed by atoms with Crippen LogP contribution in [0.1, 0.15) is 32.6 Å². The second-order valence-corrected chi connectivity index (χ2v) is 3.36. The molecule has 0 aromatic rings. The highest BCUT2D eigenvalue weighted by atomic mass is 16.5. The predicted octanol–water partition coefficient (Wildman–Crippen LogP) is 1.96. The van der Waals surface area contributed by atoms with Crippen LogP contribution in [0.25, 0.3) is 0 Å². The molecule has 0 aromatic carbocycles. The monoisotopic (exact) mass is 126 g/mol. The molecular formula is C8H14O. The Labute approximate surface area is 56.4 Å². The van der Waals surface area contributed by atoms with Gasteiger partial charge >= 0.3 is 0 Å². The van der Waals surface area contributed by atoms with Gasteiger partial charge in [0.1, 0.15) is 0 Å². The van der Waals surface area contributed by atoms with E-state index in [1.54, 1.807) is 0 Å². The Morgan fingerprint density at radius 3 is 2.11 bits per heavy atom. The summed E-state index contributed by atoms with van der Waals surface area (Å²) in [6, 6.07) is 0. The van der Waals surface area contributed by atoms with Crippen molar-refractivity contribution in [2.24, 2.45) is 5.92 Å². The summed E-state index contributed by atoms with van der Waals surface area (Å²) in [4.78, 5) is 0. The number of hydrogen-bond acceptors (Lipinski definition) is 1. The van der Waals surface area contributed by atoms with Crippen molar-refractivity contribution in [3.8, 4) is 0 Å². The van der Waals surface area contributed by atoms with E-state index in [-0.39, 0.29) is 0 Å². The molecule has 1 saturated carbocycles. The second-order valence-electron chi connectivity index (χ2n) is 3.36. The Kier molecular flexibility index (Phi) is 1.26. The quantitative estimate of drug-likeness (QED) is 0.522. The summed E-state index contributed by atoms with van der Waals surface area (Å²) >= 11 is 0. The van der Waals surface area contributed by atoms with Crippen LogP contribution in [-0.4, -0.2) is 12.2 Å². The van der Waals surface area contributed by atoms with Gasteiger partial charge in [-0.05, 0) is 25.2 Å². The number of ether oxygens (including phenoxy) is 1. The zero-order valence-corrected chi connectivity index (χ0v) is 5.97. The largest absolute Gasteiger partial charge is 0.375 e. The van der Waals surface area contributed by atoms with Gasteiger partial charge in [-0.1, -0.05) is 13.3 Å². The van der Waals surface area contributed by atoms with Crippen molar-refractivity contribution >= 4 is 0 Å². The maximum atomic E-state index is 5.51. The van der Waals surface area contributed by atoms with Crippen molar-refractivity contribution in [1.29, 1.82) is 0 Å². The van der Waals surface area contributed by atoms with Crippen molar-refractivity contribution < 1.29 is 4.74 Å². The van der Waals surface area contributed by atoms with Crippen molar-refractivity contribution in [3.63, 3.8) is 0 Å². The van der Waals surface area contributed by atoms with E-state index < -0.39 is 0 Å². The molecule has 2 heterocycles. The van der Waals surface area contributed by atoms with Gasteiger partial charge in [0.25, 0.3) is 0 Å². The minimum absolute atomic E-state index is 0.661. The van der Waals surface area contributed by atoms with Gasteiger partial charge in [-0.3, -0.25) is 0 Å². The molecule has 2 bridgehead atoms. The number of hydrogen-bond donors (Lipinski definition) is 0. The van der Waals surface area contributed by atoms with Crippen molar-refractivity contribution in [2.75, 3.05) is 0 Å². The Balaban J connectivity index is 1.89. The third-order valence-corrected chi connectivity index (χ3v) is 2.68. The van der Waals surface area contributed by atoms with E-state index >= 15 is 0 Å². The summed E-state index contributed by atoms with van der Waals surface area (Å²) in [5, 5.41) is 0. The minimum Gasteiger partial charge on any atom is -0.375 e. The molecule has 2 unspecified atom stereocenters. The lowest BCUT2D eigenvalue weighted by atomic mass is 9.79. The Morgan fingerprint density at radius 1 is 1.22 bits per heavy atom. The summed E-state index contributed by atoms with van der Waals surface area (Å²) in [5.41, 5.74) is 0. The van der Waals surface area contributed by atoms with E-state index in [9.17, 15) is 0 Å². The van der Waals surface area contributed by atoms with Crippen molar-refractivity contribution in [1.82, 2.24) is 0 Å². The Morgan fingerprint density at radius 2 is 1.78 bits per heavy atom. The molecule has 0 spiro atoms. The van der Waals surface area contributed by atoms with Gasteiger partial charge in [0.15, 0.2) is 0 Å². The molecule has 1 aliphatic carbocycles. The molecule has 0 N–H and O–H groups in total. The van der Waals surface area contributed by atoms with Crippen LogP contribution in [0.3, 0.4) is 0 Å². The van der Waals surface area contributed by atoms with Crippen molar-refractivity contribution in [2.45, 2.75) is 44.8 Å². The zero-order chi connectivity index (χ0) is 6.27. The topological polar surface area (TPSA) is 9.23 Å². The SMILES string of the molecule is CCC1CC2C[C@H](C1)O2. The highest BCUT2D eigenvalue weighted by molar-refractivity contribution is 4.87. The molecule has 0 radical (unpaired) electrons. The molecule has 2 aliphatic heterocycles. The van der Waals surface area contributed by atoms with E-state index in [1.807, 2.05) is 0 Å². The van der Waals surface area contributed by atoms with Crippen LogP contribution in [0.5, 0.6) is 0 Å². The lowest BCUT2D eigenvalue weighted by molar-refractivity contribution is -0.173. The maximum absolute atomic E-state index is 5.51. The van der Waals surface area contributed by atoms with Gasteiger partial charge in [-0.25, -0.2) is 0 Å². The highest BCUT2D eigenvalue weighted by Gasteiger charge is 2.38. The first-order valence-electron chi connectivity index (χ1n) is 4.04. The van der Waals surface area contributed by atoms with E-state index in [2.05, 4.69) is 6.92 Å². The third kappa shape index (κ3) is 0.877. The molecule has 1 heteroatoms. The van der Waals surface area contributed by atoms with Crippen molar-refractivity contribution in [3.05, 3.63) is 0 Å². The lowest BCUT2D eigenvalue weighted by Crippen LogP contribution is -2.45. The van der Waals surface area contributed by atoms with Gasteiger partial charge in [-0.2, -0.15) is 0 Å². The van der Waals surface area contributed by atoms with Gasteiger partial charge in [0, 0.05) is 0 Å². The van der Waals surface area contributed by atoms with Gasteiger partial charge < -0.3 is 4.74 Å². The van der Waals surface area contributed by atoms with Crippen LogP contribution in [0.2, 0.25) is 0 Å². The highest BCUT2D eigenvalue weighted by Crippen LogP contribution is 2.39. The van der Waals surface area contributed by atoms with Gasteiger partial charge in [0.2, 0.25) is 0 Å². The first kappa shape index (κ1) is 5.72. The summed E-state index contributed by atoms with van der Waals surface area (Å²) in [7, 11) is 0. The summed E-state index contributed by atoms with van der Waals surface area (Å²) in [6.45, 7) is 2.29. The van der Waals surface area contributed by atoms with Crippen LogP contribution in [0, 0.1) is 5.92 Å². The van der Waals surface area contributed by atoms with E-state index in [0.29, 0.717) is 12.2 Å². The van der Waals surface area contributed by atoms with Crippen LogP contribution >= 0.6 is 0 Å². The average Bonchev–Trinajstić information content (AvgIpc) is 1.87. The van der Waals surface area contributed by atoms with E-state index in [1.165, 1.54) is 25.7 Å². The molecule has 52 valence electrons. The molecular weight excluding hydrogens is 112 g/mol. The molecule has 0 amide bonds. The van der Waals surface area contributed by atoms with Crippen LogP contribution in [-0.2, 0) is 4.74 Å². The summed E-state index contributed by atoms with van der Waals surface area (Å²) < 4.78 is 5.51. The van der Waals surface area contributed by atoms with E-state index in [4.69, 9.17) is 4.74 Å². The molecule has 3 fully saturated rings. The average molecular weight is 126 g/mol. The van der Waals surface area contributed by atoms with Gasteiger partial charge in [0.05, 0.1) is 12.2 Å². The fraction of sp³-hybridized carbons (Fsp3) is 1.00. The summed E-state index contributed by atoms with van der Waals surface area (Å²) in [6.07, 6.45) is 6.72. The standard InChI is InChI=1S/C8H14O/c1-2-6-3-7-5-8(4-6)9-7/h6-8H,2-5H2,1H3/t6?,7-,8?/m0/s1. The molecule has 3 rings (SSSR count). The molecule has 1 nitrogen and oxygen atoms in total.